The van der Waals surface area contributed by atoms with Crippen LogP contribution >= 0.6 is 0 Å². The molecular weight excluding hydrogens is 222 g/mol. The van der Waals surface area contributed by atoms with E-state index in [0.29, 0.717) is 18.4 Å². The van der Waals surface area contributed by atoms with E-state index in [9.17, 15) is 14.9 Å². The van der Waals surface area contributed by atoms with Crippen LogP contribution in [0, 0.1) is 27.4 Å². The predicted molar refractivity (Wildman–Crippen MR) is 63.1 cm³/mol. The Morgan fingerprint density at radius 3 is 2.35 bits per heavy atom. The Morgan fingerprint density at radius 2 is 1.94 bits per heavy atom. The molecule has 0 bridgehead atoms. The van der Waals surface area contributed by atoms with E-state index in [0.717, 1.165) is 12.8 Å². The smallest absolute Gasteiger partial charge is 0.306 e. The topological polar surface area (TPSA) is 69.4 Å². The average Bonchev–Trinajstić information content (AvgIpc) is 2.40. The van der Waals surface area contributed by atoms with Crippen molar-refractivity contribution in [2.75, 3.05) is 13.2 Å². The van der Waals surface area contributed by atoms with Crippen molar-refractivity contribution in [3.05, 3.63) is 10.1 Å². The third-order valence-electron chi connectivity index (χ3n) is 3.77. The summed E-state index contributed by atoms with van der Waals surface area (Å²) in [4.78, 5) is 22.0. The van der Waals surface area contributed by atoms with E-state index in [1.807, 2.05) is 0 Å². The molecule has 1 aliphatic carbocycles. The zero-order chi connectivity index (χ0) is 13.1. The second-order valence-electron chi connectivity index (χ2n) is 5.34. The first-order valence-electron chi connectivity index (χ1n) is 6.16. The molecule has 1 fully saturated rings. The molecule has 0 spiro atoms. The summed E-state index contributed by atoms with van der Waals surface area (Å²) in [6.45, 7) is 6.14. The normalized spacial score (nSPS) is 32.4. The molecule has 0 saturated heterocycles. The Labute approximate surface area is 102 Å². The molecule has 1 rings (SSSR count). The third kappa shape index (κ3) is 3.68. The van der Waals surface area contributed by atoms with Gasteiger partial charge >= 0.3 is 5.97 Å². The number of hydrogen-bond acceptors (Lipinski definition) is 4. The monoisotopic (exact) mass is 243 g/mol. The van der Waals surface area contributed by atoms with Gasteiger partial charge in [-0.15, -0.1) is 0 Å². The molecule has 0 aromatic rings. The number of nitrogens with zero attached hydrogens (tertiary/aromatic N) is 1. The molecule has 1 aliphatic rings. The molecule has 0 amide bonds. The summed E-state index contributed by atoms with van der Waals surface area (Å²) in [5.74, 6) is 0.560. The molecule has 0 radical (unpaired) electrons. The molecule has 0 aliphatic heterocycles. The van der Waals surface area contributed by atoms with Gasteiger partial charge in [-0.3, -0.25) is 14.9 Å². The first-order valence-corrected chi connectivity index (χ1v) is 6.16. The Balaban J connectivity index is 2.73. The number of hydrogen-bond donors (Lipinski definition) is 0. The van der Waals surface area contributed by atoms with Crippen molar-refractivity contribution >= 4 is 5.97 Å². The number of esters is 1. The molecule has 17 heavy (non-hydrogen) atoms. The van der Waals surface area contributed by atoms with Crippen LogP contribution in [0.2, 0.25) is 0 Å². The van der Waals surface area contributed by atoms with Crippen LogP contribution in [-0.2, 0) is 9.53 Å². The largest absolute Gasteiger partial charge is 0.466 e. The van der Waals surface area contributed by atoms with Crippen LogP contribution in [0.15, 0.2) is 0 Å². The van der Waals surface area contributed by atoms with Crippen molar-refractivity contribution in [1.82, 2.24) is 0 Å². The molecule has 5 heteroatoms. The lowest BCUT2D eigenvalue weighted by Gasteiger charge is -2.23. The van der Waals surface area contributed by atoms with E-state index in [4.69, 9.17) is 4.74 Å². The van der Waals surface area contributed by atoms with E-state index in [2.05, 4.69) is 13.8 Å². The van der Waals surface area contributed by atoms with Gasteiger partial charge < -0.3 is 4.74 Å². The molecular formula is C12H21NO4. The van der Waals surface area contributed by atoms with E-state index >= 15 is 0 Å². The summed E-state index contributed by atoms with van der Waals surface area (Å²) in [7, 11) is 0. The van der Waals surface area contributed by atoms with Crippen LogP contribution in [0.3, 0.4) is 0 Å². The lowest BCUT2D eigenvalue weighted by Crippen LogP contribution is -2.31. The van der Waals surface area contributed by atoms with Gasteiger partial charge in [0.1, 0.15) is 0 Å². The van der Waals surface area contributed by atoms with E-state index in [1.54, 1.807) is 6.92 Å². The summed E-state index contributed by atoms with van der Waals surface area (Å²) >= 11 is 0. The van der Waals surface area contributed by atoms with Gasteiger partial charge in [-0.2, -0.15) is 0 Å². The zero-order valence-corrected chi connectivity index (χ0v) is 10.8. The van der Waals surface area contributed by atoms with Crippen LogP contribution in [-0.4, -0.2) is 24.0 Å². The van der Waals surface area contributed by atoms with Crippen LogP contribution in [0.4, 0.5) is 0 Å². The van der Waals surface area contributed by atoms with Crippen molar-refractivity contribution < 1.29 is 14.5 Å². The predicted octanol–water partition coefficient (Wildman–Crippen LogP) is 2.27. The summed E-state index contributed by atoms with van der Waals surface area (Å²) in [6.07, 6.45) is 1.67. The minimum absolute atomic E-state index is 0.125. The Kier molecular flexibility index (Phi) is 4.48. The van der Waals surface area contributed by atoms with Crippen LogP contribution < -0.4 is 0 Å². The second kappa shape index (κ2) is 5.47. The van der Waals surface area contributed by atoms with Gasteiger partial charge in [-0.1, -0.05) is 13.8 Å². The van der Waals surface area contributed by atoms with E-state index in [-0.39, 0.29) is 23.9 Å². The Bertz CT molecular complexity index is 293. The maximum Gasteiger partial charge on any atom is 0.306 e. The number of nitro groups is 1. The van der Waals surface area contributed by atoms with Gasteiger partial charge in [-0.05, 0) is 31.6 Å². The zero-order valence-electron chi connectivity index (χ0n) is 10.8. The molecule has 0 aromatic heterocycles. The summed E-state index contributed by atoms with van der Waals surface area (Å²) in [5, 5.41) is 10.8. The Hall–Kier alpha value is -1.13. The highest BCUT2D eigenvalue weighted by Crippen LogP contribution is 2.47. The standard InChI is InChI=1S/C12H21NO4/c1-4-17-11(14)7-12(8-13(15)16)5-9(2)10(3)6-12/h9-10H,4-8H2,1-3H3/t9-,10?,12?/m1/s1. The highest BCUT2D eigenvalue weighted by atomic mass is 16.6. The number of carbonyl (C=O) groups is 1. The minimum Gasteiger partial charge on any atom is -0.466 e. The van der Waals surface area contributed by atoms with Gasteiger partial charge in [0.05, 0.1) is 13.0 Å². The lowest BCUT2D eigenvalue weighted by atomic mass is 9.81. The molecule has 5 nitrogen and oxygen atoms in total. The van der Waals surface area contributed by atoms with Gasteiger partial charge in [0, 0.05) is 10.3 Å². The van der Waals surface area contributed by atoms with Crippen LogP contribution in [0.1, 0.15) is 40.0 Å². The fourth-order valence-corrected chi connectivity index (χ4v) is 2.97. The minimum atomic E-state index is -0.491. The summed E-state index contributed by atoms with van der Waals surface area (Å²) in [6, 6.07) is 0. The fraction of sp³-hybridized carbons (Fsp3) is 0.917. The van der Waals surface area contributed by atoms with Crippen molar-refractivity contribution in [2.24, 2.45) is 17.3 Å². The highest BCUT2D eigenvalue weighted by Gasteiger charge is 2.47. The van der Waals surface area contributed by atoms with Crippen molar-refractivity contribution in [3.63, 3.8) is 0 Å². The first kappa shape index (κ1) is 13.9. The molecule has 0 aromatic carbocycles. The van der Waals surface area contributed by atoms with E-state index in [1.165, 1.54) is 0 Å². The lowest BCUT2D eigenvalue weighted by molar-refractivity contribution is -0.497. The van der Waals surface area contributed by atoms with Gasteiger partial charge in [0.15, 0.2) is 0 Å². The number of ether oxygens (including phenoxy) is 1. The number of carbonyl (C=O) groups excluding carboxylic acids is 1. The highest BCUT2D eigenvalue weighted by molar-refractivity contribution is 5.70. The number of rotatable bonds is 5. The second-order valence-corrected chi connectivity index (χ2v) is 5.34. The van der Waals surface area contributed by atoms with Crippen molar-refractivity contribution in [3.8, 4) is 0 Å². The molecule has 0 heterocycles. The average molecular weight is 243 g/mol. The maximum atomic E-state index is 11.6. The SMILES string of the molecule is CCOC(=O)CC1(C[N+](=O)[O-])CC(C)[C@H](C)C1. The molecule has 2 unspecified atom stereocenters. The van der Waals surface area contributed by atoms with Gasteiger partial charge in [0.2, 0.25) is 6.54 Å². The summed E-state index contributed by atoms with van der Waals surface area (Å²) in [5.41, 5.74) is -0.491. The van der Waals surface area contributed by atoms with Crippen LogP contribution in [0.25, 0.3) is 0 Å². The molecule has 98 valence electrons. The quantitative estimate of drug-likeness (QED) is 0.422. The molecule has 0 N–H and O–H groups in total. The van der Waals surface area contributed by atoms with Crippen molar-refractivity contribution in [1.29, 1.82) is 0 Å². The first-order chi connectivity index (χ1) is 7.88. The van der Waals surface area contributed by atoms with Gasteiger partial charge in [0.25, 0.3) is 0 Å². The van der Waals surface area contributed by atoms with E-state index < -0.39 is 5.41 Å². The molecule has 3 atom stereocenters. The fourth-order valence-electron chi connectivity index (χ4n) is 2.97. The molecule has 1 saturated carbocycles. The van der Waals surface area contributed by atoms with Gasteiger partial charge in [-0.25, -0.2) is 0 Å². The van der Waals surface area contributed by atoms with Crippen LogP contribution in [0.5, 0.6) is 0 Å². The van der Waals surface area contributed by atoms with Crippen molar-refractivity contribution in [2.45, 2.75) is 40.0 Å². The summed E-state index contributed by atoms with van der Waals surface area (Å²) < 4.78 is 4.92. The maximum absolute atomic E-state index is 11.6. The third-order valence-corrected chi connectivity index (χ3v) is 3.77. The Morgan fingerprint density at radius 1 is 1.41 bits per heavy atom.